The van der Waals surface area contributed by atoms with Crippen molar-refractivity contribution in [2.75, 3.05) is 19.1 Å². The Morgan fingerprint density at radius 1 is 1.06 bits per heavy atom. The third-order valence-corrected chi connectivity index (χ3v) is 5.98. The maximum absolute atomic E-state index is 13.7. The number of nitrogens with zero attached hydrogens (tertiary/aromatic N) is 2. The van der Waals surface area contributed by atoms with Crippen LogP contribution in [0.2, 0.25) is 10.0 Å². The number of ether oxygens (including phenoxy) is 2. The highest BCUT2D eigenvalue weighted by molar-refractivity contribution is 6.38. The Morgan fingerprint density at radius 3 is 2.52 bits per heavy atom. The fourth-order valence-electron chi connectivity index (χ4n) is 4.05. The summed E-state index contributed by atoms with van der Waals surface area (Å²) in [5.41, 5.74) is 0.247. The predicted octanol–water partition coefficient (Wildman–Crippen LogP) is 5.16. The lowest BCUT2D eigenvalue weighted by Crippen LogP contribution is -2.30. The number of carbonyl (C=O) groups excluding carboxylic acids is 1. The molecule has 8 nitrogen and oxygen atoms in total. The summed E-state index contributed by atoms with van der Waals surface area (Å²) in [6, 6.07) is 8.67. The highest BCUT2D eigenvalue weighted by atomic mass is 35.5. The van der Waals surface area contributed by atoms with E-state index >= 15 is 0 Å². The van der Waals surface area contributed by atoms with Gasteiger partial charge in [-0.1, -0.05) is 28.4 Å². The normalized spacial score (nSPS) is 15.2. The number of carbonyl (C=O) groups is 1. The van der Waals surface area contributed by atoms with Crippen LogP contribution in [-0.2, 0) is 0 Å². The van der Waals surface area contributed by atoms with Gasteiger partial charge in [0, 0.05) is 16.7 Å². The van der Waals surface area contributed by atoms with Gasteiger partial charge in [0.15, 0.2) is 16.8 Å². The largest absolute Gasteiger partial charge is 0.497 e. The zero-order valence-corrected chi connectivity index (χ0v) is 19.2. The summed E-state index contributed by atoms with van der Waals surface area (Å²) >= 11 is 12.4. The molecule has 1 unspecified atom stereocenters. The molecule has 10 heteroatoms. The zero-order chi connectivity index (χ0) is 23.4. The van der Waals surface area contributed by atoms with Gasteiger partial charge in [-0.15, -0.1) is 0 Å². The van der Waals surface area contributed by atoms with Crippen LogP contribution in [0.15, 0.2) is 50.1 Å². The van der Waals surface area contributed by atoms with E-state index in [2.05, 4.69) is 5.16 Å². The first kappa shape index (κ1) is 21.4. The second-order valence-electron chi connectivity index (χ2n) is 7.42. The van der Waals surface area contributed by atoms with E-state index in [1.165, 1.54) is 31.3 Å². The topological polar surface area (TPSA) is 95.0 Å². The lowest BCUT2D eigenvalue weighted by molar-refractivity contribution is 0.0969. The zero-order valence-electron chi connectivity index (χ0n) is 17.6. The number of rotatable bonds is 4. The summed E-state index contributed by atoms with van der Waals surface area (Å²) in [5, 5.41) is 4.55. The molecular weight excluding hydrogens is 471 g/mol. The van der Waals surface area contributed by atoms with Crippen molar-refractivity contribution in [3.63, 3.8) is 0 Å². The molecule has 1 aliphatic rings. The van der Waals surface area contributed by atoms with Crippen molar-refractivity contribution in [1.29, 1.82) is 0 Å². The Hall–Kier alpha value is -3.49. The monoisotopic (exact) mass is 486 g/mol. The van der Waals surface area contributed by atoms with Crippen LogP contribution in [0.25, 0.3) is 11.0 Å². The van der Waals surface area contributed by atoms with Gasteiger partial charge in [0.25, 0.3) is 5.91 Å². The molecule has 1 atom stereocenters. The first-order valence-electron chi connectivity index (χ1n) is 9.78. The smallest absolute Gasteiger partial charge is 0.296 e. The second kappa shape index (κ2) is 7.83. The molecule has 3 heterocycles. The molecule has 2 aromatic heterocycles. The van der Waals surface area contributed by atoms with E-state index in [4.69, 9.17) is 41.6 Å². The van der Waals surface area contributed by atoms with Crippen molar-refractivity contribution in [1.82, 2.24) is 5.16 Å². The van der Waals surface area contributed by atoms with Crippen molar-refractivity contribution in [3.8, 4) is 11.5 Å². The van der Waals surface area contributed by atoms with Crippen molar-refractivity contribution in [2.24, 2.45) is 0 Å². The van der Waals surface area contributed by atoms with Gasteiger partial charge in [-0.2, -0.15) is 0 Å². The Morgan fingerprint density at radius 2 is 1.85 bits per heavy atom. The van der Waals surface area contributed by atoms with E-state index in [9.17, 15) is 9.59 Å². The average molecular weight is 487 g/mol. The quantitative estimate of drug-likeness (QED) is 0.392. The van der Waals surface area contributed by atoms with Gasteiger partial charge in [0.05, 0.1) is 30.2 Å². The van der Waals surface area contributed by atoms with Crippen molar-refractivity contribution in [3.05, 3.63) is 79.3 Å². The van der Waals surface area contributed by atoms with Crippen molar-refractivity contribution >= 4 is 45.9 Å². The van der Waals surface area contributed by atoms with Gasteiger partial charge in [0.2, 0.25) is 5.76 Å². The summed E-state index contributed by atoms with van der Waals surface area (Å²) in [6.45, 7) is 1.70. The molecule has 0 radical (unpaired) electrons. The van der Waals surface area contributed by atoms with Gasteiger partial charge in [0.1, 0.15) is 23.3 Å². The van der Waals surface area contributed by atoms with E-state index in [0.717, 1.165) is 0 Å². The van der Waals surface area contributed by atoms with Crippen molar-refractivity contribution in [2.45, 2.75) is 13.0 Å². The highest BCUT2D eigenvalue weighted by Crippen LogP contribution is 2.45. The summed E-state index contributed by atoms with van der Waals surface area (Å²) in [4.78, 5) is 28.6. The summed E-state index contributed by atoms with van der Waals surface area (Å²) in [6.07, 6.45) is 0. The molecule has 0 saturated heterocycles. The molecule has 5 rings (SSSR count). The average Bonchev–Trinajstić information content (AvgIpc) is 3.35. The number of aryl methyl sites for hydroxylation is 1. The molecule has 0 aliphatic carbocycles. The van der Waals surface area contributed by atoms with E-state index < -0.39 is 17.4 Å². The van der Waals surface area contributed by atoms with Crippen LogP contribution in [0.4, 0.5) is 5.82 Å². The van der Waals surface area contributed by atoms with E-state index in [-0.39, 0.29) is 38.2 Å². The number of halogens is 2. The van der Waals surface area contributed by atoms with Crippen LogP contribution in [0.5, 0.6) is 11.5 Å². The lowest BCUT2D eigenvalue weighted by atomic mass is 9.97. The van der Waals surface area contributed by atoms with E-state index in [1.54, 1.807) is 31.2 Å². The van der Waals surface area contributed by atoms with Gasteiger partial charge in [-0.3, -0.25) is 14.5 Å². The molecule has 0 bridgehead atoms. The Kier molecular flexibility index (Phi) is 5.07. The van der Waals surface area contributed by atoms with Crippen LogP contribution < -0.4 is 19.8 Å². The standard InChI is InChI=1S/C23H16Cl2N2O6/c1-10-6-17(26-33-10)27-19(13-9-12(30-2)4-5-16(13)31-3)18-20(28)14-7-11(24)8-15(25)21(14)32-22(18)23(27)29/h4-9,19H,1-3H3. The number of fused-ring (bicyclic) bond motifs is 2. The van der Waals surface area contributed by atoms with Crippen LogP contribution in [0.1, 0.15) is 33.5 Å². The summed E-state index contributed by atoms with van der Waals surface area (Å²) < 4.78 is 22.0. The van der Waals surface area contributed by atoms with Gasteiger partial charge in [-0.05, 0) is 37.3 Å². The summed E-state index contributed by atoms with van der Waals surface area (Å²) in [5.74, 6) is 0.940. The highest BCUT2D eigenvalue weighted by Gasteiger charge is 2.46. The molecule has 1 aliphatic heterocycles. The van der Waals surface area contributed by atoms with E-state index in [1.807, 2.05) is 0 Å². The maximum atomic E-state index is 13.7. The number of amides is 1. The molecule has 33 heavy (non-hydrogen) atoms. The van der Waals surface area contributed by atoms with Gasteiger partial charge < -0.3 is 18.4 Å². The first-order chi connectivity index (χ1) is 15.8. The minimum Gasteiger partial charge on any atom is -0.497 e. The van der Waals surface area contributed by atoms with Crippen LogP contribution >= 0.6 is 23.2 Å². The Bertz CT molecular complexity index is 1490. The number of hydrogen-bond acceptors (Lipinski definition) is 7. The number of anilines is 1. The predicted molar refractivity (Wildman–Crippen MR) is 122 cm³/mol. The molecule has 168 valence electrons. The molecule has 2 aromatic carbocycles. The van der Waals surface area contributed by atoms with E-state index in [0.29, 0.717) is 22.8 Å². The molecule has 0 spiro atoms. The fourth-order valence-corrected chi connectivity index (χ4v) is 4.58. The van der Waals surface area contributed by atoms with Crippen LogP contribution in [-0.4, -0.2) is 25.3 Å². The molecule has 0 N–H and O–H groups in total. The Balaban J connectivity index is 1.88. The lowest BCUT2D eigenvalue weighted by Gasteiger charge is -2.24. The van der Waals surface area contributed by atoms with Gasteiger partial charge >= 0.3 is 0 Å². The first-order valence-corrected chi connectivity index (χ1v) is 10.5. The van der Waals surface area contributed by atoms with Crippen LogP contribution in [0, 0.1) is 6.92 Å². The fraction of sp³-hybridized carbons (Fsp3) is 0.174. The molecule has 4 aromatic rings. The van der Waals surface area contributed by atoms with Crippen LogP contribution in [0.3, 0.4) is 0 Å². The molecule has 1 amide bonds. The Labute approximate surface area is 197 Å². The minimum absolute atomic E-state index is 0.0766. The van der Waals surface area contributed by atoms with Crippen molar-refractivity contribution < 1.29 is 23.2 Å². The maximum Gasteiger partial charge on any atom is 0.296 e. The number of aromatic nitrogens is 1. The molecule has 0 saturated carbocycles. The second-order valence-corrected chi connectivity index (χ2v) is 8.26. The molecule has 0 fully saturated rings. The number of benzene rings is 2. The minimum atomic E-state index is -0.930. The summed E-state index contributed by atoms with van der Waals surface area (Å²) in [7, 11) is 3.01. The third-order valence-electron chi connectivity index (χ3n) is 5.48. The SMILES string of the molecule is COc1ccc(OC)c(C2c3c(oc4c(Cl)cc(Cl)cc4c3=O)C(=O)N2c2cc(C)on2)c1. The molecular formula is C23H16Cl2N2O6. The van der Waals surface area contributed by atoms with Gasteiger partial charge in [-0.25, -0.2) is 0 Å². The number of methoxy groups -OCH3 is 2. The third kappa shape index (κ3) is 3.25. The number of hydrogen-bond donors (Lipinski definition) is 0.